The molecule has 0 spiro atoms. The number of hydrogen-bond acceptors (Lipinski definition) is 6. The lowest BCUT2D eigenvalue weighted by molar-refractivity contribution is 0.0972. The molecule has 1 aromatic heterocycles. The van der Waals surface area contributed by atoms with Gasteiger partial charge in [0, 0.05) is 30.5 Å². The molecule has 3 aromatic rings. The number of carbonyl (C=O) groups is 1. The maximum absolute atomic E-state index is 13.0. The molecule has 0 aliphatic heterocycles. The van der Waals surface area contributed by atoms with E-state index in [1.165, 1.54) is 32.7 Å². The molecule has 2 aromatic carbocycles. The maximum atomic E-state index is 13.0. The van der Waals surface area contributed by atoms with Gasteiger partial charge >= 0.3 is 0 Å². The van der Waals surface area contributed by atoms with Crippen LogP contribution in [0.2, 0.25) is 0 Å². The highest BCUT2D eigenvalue weighted by atomic mass is 32.2. The zero-order valence-electron chi connectivity index (χ0n) is 23.9. The van der Waals surface area contributed by atoms with Gasteiger partial charge in [0.2, 0.25) is 10.0 Å². The average molecular weight is 557 g/mol. The van der Waals surface area contributed by atoms with Gasteiger partial charge in [0.15, 0.2) is 5.78 Å². The summed E-state index contributed by atoms with van der Waals surface area (Å²) in [5, 5.41) is 0.939. The van der Waals surface area contributed by atoms with Crippen molar-refractivity contribution >= 4 is 26.8 Å². The Hall–Kier alpha value is -2.68. The van der Waals surface area contributed by atoms with Crippen molar-refractivity contribution < 1.29 is 22.4 Å². The van der Waals surface area contributed by atoms with E-state index >= 15 is 0 Å². The summed E-state index contributed by atoms with van der Waals surface area (Å²) in [5.41, 5.74) is 1.19. The average Bonchev–Trinajstić information content (AvgIpc) is 3.37. The lowest BCUT2D eigenvalue weighted by Crippen LogP contribution is -2.35. The van der Waals surface area contributed by atoms with Crippen LogP contribution in [0.1, 0.15) is 74.9 Å². The van der Waals surface area contributed by atoms with Crippen LogP contribution in [0.3, 0.4) is 0 Å². The maximum Gasteiger partial charge on any atom is 0.214 e. The molecular weight excluding hydrogens is 512 g/mol. The Balaban J connectivity index is 1.46. The van der Waals surface area contributed by atoms with Crippen LogP contribution in [0.25, 0.3) is 11.0 Å². The van der Waals surface area contributed by atoms with Crippen LogP contribution in [0.4, 0.5) is 0 Å². The van der Waals surface area contributed by atoms with Gasteiger partial charge in [-0.15, -0.1) is 0 Å². The summed E-state index contributed by atoms with van der Waals surface area (Å²) in [5.74, 6) is 0.580. The minimum atomic E-state index is -3.67. The molecule has 8 heteroatoms. The summed E-state index contributed by atoms with van der Waals surface area (Å²) in [6.45, 7) is 9.94. The first-order valence-corrected chi connectivity index (χ1v) is 15.7. The molecule has 0 fully saturated rings. The number of benzene rings is 2. The summed E-state index contributed by atoms with van der Waals surface area (Å²) in [6.07, 6.45) is 5.79. The minimum absolute atomic E-state index is 0.141. The molecule has 214 valence electrons. The number of furan rings is 1. The summed E-state index contributed by atoms with van der Waals surface area (Å²) in [6, 6.07) is 16.4. The van der Waals surface area contributed by atoms with Gasteiger partial charge in [-0.3, -0.25) is 4.79 Å². The van der Waals surface area contributed by atoms with Crippen LogP contribution in [0.15, 0.2) is 59.0 Å². The summed E-state index contributed by atoms with van der Waals surface area (Å²) in [7, 11) is -2.22. The normalized spacial score (nSPS) is 12.9. The number of ketones is 1. The van der Waals surface area contributed by atoms with E-state index in [1.807, 2.05) is 37.3 Å². The molecule has 1 unspecified atom stereocenters. The molecule has 0 saturated heterocycles. The Morgan fingerprint density at radius 1 is 0.949 bits per heavy atom. The van der Waals surface area contributed by atoms with Crippen LogP contribution in [-0.2, 0) is 10.0 Å². The van der Waals surface area contributed by atoms with Gasteiger partial charge in [-0.2, -0.15) is 4.31 Å². The van der Waals surface area contributed by atoms with Gasteiger partial charge in [-0.1, -0.05) is 51.8 Å². The fraction of sp³-hybridized carbons (Fsp3) is 0.516. The van der Waals surface area contributed by atoms with Gasteiger partial charge in [-0.25, -0.2) is 8.42 Å². The Bertz CT molecular complexity index is 1230. The second kappa shape index (κ2) is 15.2. The third-order valence-corrected chi connectivity index (χ3v) is 8.95. The molecule has 0 aliphatic carbocycles. The number of ether oxygens (including phenoxy) is 1. The Labute approximate surface area is 234 Å². The first kappa shape index (κ1) is 30.9. The molecule has 0 amide bonds. The SMILES string of the molecule is CCCCN(CCCC)CCCOc1ccc(C(=O)CN(C)S(=O)(=O)CC(C)c2cc3ccccc3o2)cc1. The Morgan fingerprint density at radius 2 is 1.59 bits per heavy atom. The summed E-state index contributed by atoms with van der Waals surface area (Å²) >= 11 is 0. The molecule has 0 N–H and O–H groups in total. The third kappa shape index (κ3) is 9.48. The van der Waals surface area contributed by atoms with Gasteiger partial charge in [-0.05, 0) is 68.8 Å². The van der Waals surface area contributed by atoms with Crippen molar-refractivity contribution in [3.63, 3.8) is 0 Å². The van der Waals surface area contributed by atoms with Crippen molar-refractivity contribution in [2.75, 3.05) is 45.6 Å². The van der Waals surface area contributed by atoms with E-state index in [-0.39, 0.29) is 24.0 Å². The zero-order chi connectivity index (χ0) is 28.3. The van der Waals surface area contributed by atoms with Crippen LogP contribution in [0, 0.1) is 0 Å². The predicted octanol–water partition coefficient (Wildman–Crippen LogP) is 6.35. The van der Waals surface area contributed by atoms with E-state index in [0.717, 1.165) is 41.3 Å². The number of carbonyl (C=O) groups excluding carboxylic acids is 1. The summed E-state index contributed by atoms with van der Waals surface area (Å²) < 4.78 is 38.8. The molecular formula is C31H44N2O5S. The second-order valence-electron chi connectivity index (χ2n) is 10.3. The molecule has 0 bridgehead atoms. The Morgan fingerprint density at radius 3 is 2.23 bits per heavy atom. The van der Waals surface area contributed by atoms with Crippen molar-refractivity contribution in [3.05, 3.63) is 65.9 Å². The number of rotatable bonds is 18. The van der Waals surface area contributed by atoms with Crippen LogP contribution in [0.5, 0.6) is 5.75 Å². The second-order valence-corrected chi connectivity index (χ2v) is 12.4. The number of sulfonamides is 1. The highest BCUT2D eigenvalue weighted by molar-refractivity contribution is 7.89. The molecule has 39 heavy (non-hydrogen) atoms. The smallest absolute Gasteiger partial charge is 0.214 e. The third-order valence-electron chi connectivity index (χ3n) is 6.95. The molecule has 7 nitrogen and oxygen atoms in total. The topological polar surface area (TPSA) is 80.1 Å². The first-order chi connectivity index (χ1) is 18.7. The van der Waals surface area contributed by atoms with E-state index in [2.05, 4.69) is 18.7 Å². The quantitative estimate of drug-likeness (QED) is 0.134. The van der Waals surface area contributed by atoms with Crippen LogP contribution >= 0.6 is 0 Å². The van der Waals surface area contributed by atoms with E-state index in [1.54, 1.807) is 24.3 Å². The predicted molar refractivity (Wildman–Crippen MR) is 158 cm³/mol. The number of unbranched alkanes of at least 4 members (excludes halogenated alkanes) is 2. The molecule has 3 rings (SSSR count). The van der Waals surface area contributed by atoms with E-state index in [9.17, 15) is 13.2 Å². The molecule has 1 atom stereocenters. The highest BCUT2D eigenvalue weighted by Gasteiger charge is 2.26. The van der Waals surface area contributed by atoms with Crippen molar-refractivity contribution in [3.8, 4) is 5.75 Å². The largest absolute Gasteiger partial charge is 0.494 e. The molecule has 1 heterocycles. The van der Waals surface area contributed by atoms with Crippen molar-refractivity contribution in [2.45, 2.75) is 58.8 Å². The van der Waals surface area contributed by atoms with Gasteiger partial charge < -0.3 is 14.1 Å². The van der Waals surface area contributed by atoms with Gasteiger partial charge in [0.05, 0.1) is 18.9 Å². The number of hydrogen-bond donors (Lipinski definition) is 0. The molecule has 0 radical (unpaired) electrons. The number of fused-ring (bicyclic) bond motifs is 1. The highest BCUT2D eigenvalue weighted by Crippen LogP contribution is 2.26. The number of Topliss-reactive ketones (excluding diaryl/α,β-unsaturated/α-hetero) is 1. The van der Waals surface area contributed by atoms with Crippen molar-refractivity contribution in [1.29, 1.82) is 0 Å². The van der Waals surface area contributed by atoms with Crippen LogP contribution < -0.4 is 4.74 Å². The lowest BCUT2D eigenvalue weighted by atomic mass is 10.1. The van der Waals surface area contributed by atoms with E-state index in [0.29, 0.717) is 23.7 Å². The number of nitrogens with zero attached hydrogens (tertiary/aromatic N) is 2. The van der Waals surface area contributed by atoms with E-state index < -0.39 is 10.0 Å². The lowest BCUT2D eigenvalue weighted by Gasteiger charge is -2.21. The zero-order valence-corrected chi connectivity index (χ0v) is 24.7. The van der Waals surface area contributed by atoms with Crippen LogP contribution in [-0.4, -0.2) is 69.0 Å². The Kier molecular flexibility index (Phi) is 12.0. The molecule has 0 saturated carbocycles. The number of likely N-dealkylation sites (N-methyl/N-ethyl adjacent to an activating group) is 1. The van der Waals surface area contributed by atoms with Crippen molar-refractivity contribution in [1.82, 2.24) is 9.21 Å². The monoisotopic (exact) mass is 556 g/mol. The standard InChI is InChI=1S/C31H44N2O5S/c1-5-7-18-33(19-8-6-2)20-11-21-37-28-16-14-26(15-17-28)29(34)23-32(4)39(35,36)24-25(3)31-22-27-12-9-10-13-30(27)38-31/h9-10,12-17,22,25H,5-8,11,18-21,23-24H2,1-4H3. The van der Waals surface area contributed by atoms with Gasteiger partial charge in [0.25, 0.3) is 0 Å². The first-order valence-electron chi connectivity index (χ1n) is 14.1. The fourth-order valence-corrected chi connectivity index (χ4v) is 5.84. The number of para-hydroxylation sites is 1. The summed E-state index contributed by atoms with van der Waals surface area (Å²) in [4.78, 5) is 15.3. The van der Waals surface area contributed by atoms with Crippen molar-refractivity contribution in [2.24, 2.45) is 0 Å². The molecule has 0 aliphatic rings. The minimum Gasteiger partial charge on any atom is -0.494 e. The van der Waals surface area contributed by atoms with E-state index in [4.69, 9.17) is 9.15 Å². The fourth-order valence-electron chi connectivity index (χ4n) is 4.48. The van der Waals surface area contributed by atoms with Gasteiger partial charge in [0.1, 0.15) is 17.1 Å².